The fraction of sp³-hybridized carbons (Fsp3) is 0.545. The largest absolute Gasteiger partial charge is 0.481 e. The lowest BCUT2D eigenvalue weighted by atomic mass is 9.76. The van der Waals surface area contributed by atoms with E-state index >= 15 is 0 Å². The van der Waals surface area contributed by atoms with E-state index in [1.165, 1.54) is 5.56 Å². The molecule has 0 atom stereocenters. The molecule has 0 bridgehead atoms. The molecule has 2 N–H and O–H groups in total. The van der Waals surface area contributed by atoms with E-state index in [4.69, 9.17) is 9.84 Å². The molecular formula is C11H15NO3. The van der Waals surface area contributed by atoms with Crippen LogP contribution in [0.3, 0.4) is 0 Å². The lowest BCUT2D eigenvalue weighted by Crippen LogP contribution is -2.46. The Kier molecular flexibility index (Phi) is 2.77. The minimum atomic E-state index is -0.723. The van der Waals surface area contributed by atoms with E-state index in [1.807, 2.05) is 18.5 Å². The number of aliphatic carboxylic acids is 1. The molecule has 1 aliphatic heterocycles. The highest BCUT2D eigenvalue weighted by Crippen LogP contribution is 2.36. The third-order valence-corrected chi connectivity index (χ3v) is 3.01. The Morgan fingerprint density at radius 2 is 2.40 bits per heavy atom. The van der Waals surface area contributed by atoms with Gasteiger partial charge in [0, 0.05) is 24.2 Å². The van der Waals surface area contributed by atoms with Crippen LogP contribution in [0.1, 0.15) is 24.8 Å². The summed E-state index contributed by atoms with van der Waals surface area (Å²) in [5.41, 5.74) is 1.30. The van der Waals surface area contributed by atoms with E-state index in [0.717, 1.165) is 6.42 Å². The van der Waals surface area contributed by atoms with Crippen LogP contribution >= 0.6 is 0 Å². The predicted octanol–water partition coefficient (Wildman–Crippen LogP) is 1.54. The topological polar surface area (TPSA) is 62.3 Å². The fourth-order valence-corrected chi connectivity index (χ4v) is 2.04. The van der Waals surface area contributed by atoms with Gasteiger partial charge < -0.3 is 14.8 Å². The number of hydrogen-bond acceptors (Lipinski definition) is 2. The number of nitrogens with one attached hydrogen (secondary N) is 1. The third-order valence-electron chi connectivity index (χ3n) is 3.01. The van der Waals surface area contributed by atoms with Gasteiger partial charge in [-0.1, -0.05) is 0 Å². The van der Waals surface area contributed by atoms with Gasteiger partial charge in [0.1, 0.15) is 0 Å². The van der Waals surface area contributed by atoms with Gasteiger partial charge in [0.2, 0.25) is 0 Å². The Morgan fingerprint density at radius 3 is 2.87 bits per heavy atom. The molecule has 0 radical (unpaired) electrons. The molecule has 1 aromatic heterocycles. The number of carboxylic acid groups (broad SMARTS) is 1. The molecule has 4 heteroatoms. The Balaban J connectivity index is 1.94. The summed E-state index contributed by atoms with van der Waals surface area (Å²) in [6, 6.07) is 2.04. The Morgan fingerprint density at radius 1 is 1.60 bits per heavy atom. The zero-order valence-electron chi connectivity index (χ0n) is 8.53. The third kappa shape index (κ3) is 2.04. The molecule has 0 amide bonds. The van der Waals surface area contributed by atoms with Crippen LogP contribution in [0.15, 0.2) is 18.5 Å². The van der Waals surface area contributed by atoms with Crippen LogP contribution in [0.5, 0.6) is 0 Å². The summed E-state index contributed by atoms with van der Waals surface area (Å²) in [6.45, 7) is 1.43. The van der Waals surface area contributed by atoms with E-state index in [2.05, 4.69) is 4.98 Å². The van der Waals surface area contributed by atoms with Crippen LogP contribution in [0.25, 0.3) is 0 Å². The SMILES string of the molecule is O=C(O)CCCC1(c2cc[nH]c2)COC1. The van der Waals surface area contributed by atoms with Crippen molar-refractivity contribution in [1.29, 1.82) is 0 Å². The monoisotopic (exact) mass is 209 g/mol. The number of aromatic nitrogens is 1. The van der Waals surface area contributed by atoms with E-state index in [1.54, 1.807) is 0 Å². The van der Waals surface area contributed by atoms with Gasteiger partial charge in [-0.3, -0.25) is 4.79 Å². The highest BCUT2D eigenvalue weighted by Gasteiger charge is 2.39. The summed E-state index contributed by atoms with van der Waals surface area (Å²) in [5, 5.41) is 8.59. The number of carboxylic acids is 1. The van der Waals surface area contributed by atoms with E-state index < -0.39 is 5.97 Å². The second-order valence-corrected chi connectivity index (χ2v) is 4.12. The van der Waals surface area contributed by atoms with Crippen LogP contribution < -0.4 is 0 Å². The van der Waals surface area contributed by atoms with Gasteiger partial charge in [-0.15, -0.1) is 0 Å². The van der Waals surface area contributed by atoms with Crippen molar-refractivity contribution < 1.29 is 14.6 Å². The van der Waals surface area contributed by atoms with Crippen LogP contribution in [0, 0.1) is 0 Å². The Labute approximate surface area is 88.3 Å². The molecule has 4 nitrogen and oxygen atoms in total. The molecule has 1 fully saturated rings. The van der Waals surface area contributed by atoms with Crippen molar-refractivity contribution in [1.82, 2.24) is 4.98 Å². The van der Waals surface area contributed by atoms with Gasteiger partial charge in [-0.25, -0.2) is 0 Å². The van der Waals surface area contributed by atoms with Crippen molar-refractivity contribution in [3.63, 3.8) is 0 Å². The predicted molar refractivity (Wildman–Crippen MR) is 54.8 cm³/mol. The van der Waals surface area contributed by atoms with Gasteiger partial charge in [-0.2, -0.15) is 0 Å². The van der Waals surface area contributed by atoms with Crippen molar-refractivity contribution >= 4 is 5.97 Å². The van der Waals surface area contributed by atoms with Crippen LogP contribution in [0.2, 0.25) is 0 Å². The first-order valence-electron chi connectivity index (χ1n) is 5.16. The number of aromatic amines is 1. The zero-order valence-corrected chi connectivity index (χ0v) is 8.53. The summed E-state index contributed by atoms with van der Waals surface area (Å²) < 4.78 is 5.26. The maximum atomic E-state index is 10.4. The minimum Gasteiger partial charge on any atom is -0.481 e. The second kappa shape index (κ2) is 4.06. The molecule has 1 aromatic rings. The Hall–Kier alpha value is -1.29. The fourth-order valence-electron chi connectivity index (χ4n) is 2.04. The van der Waals surface area contributed by atoms with E-state index in [0.29, 0.717) is 19.6 Å². The molecule has 15 heavy (non-hydrogen) atoms. The molecule has 1 aliphatic rings. The molecule has 82 valence electrons. The van der Waals surface area contributed by atoms with Crippen LogP contribution in [-0.4, -0.2) is 29.3 Å². The highest BCUT2D eigenvalue weighted by atomic mass is 16.5. The molecule has 2 heterocycles. The number of H-pyrrole nitrogens is 1. The van der Waals surface area contributed by atoms with E-state index in [9.17, 15) is 4.79 Å². The molecule has 0 saturated carbocycles. The smallest absolute Gasteiger partial charge is 0.303 e. The van der Waals surface area contributed by atoms with Crippen LogP contribution in [-0.2, 0) is 14.9 Å². The normalized spacial score (nSPS) is 18.4. The number of ether oxygens (including phenoxy) is 1. The molecule has 0 spiro atoms. The standard InChI is InChI=1S/C11H15NO3/c13-10(14)2-1-4-11(7-15-8-11)9-3-5-12-6-9/h3,5-6,12H,1-2,4,7-8H2,(H,13,14). The summed E-state index contributed by atoms with van der Waals surface area (Å²) >= 11 is 0. The van der Waals surface area contributed by atoms with Gasteiger partial charge >= 0.3 is 5.97 Å². The van der Waals surface area contributed by atoms with E-state index in [-0.39, 0.29) is 11.8 Å². The number of hydrogen-bond donors (Lipinski definition) is 2. The molecule has 1 saturated heterocycles. The minimum absolute atomic E-state index is 0.0649. The number of rotatable bonds is 5. The molecule has 0 aromatic carbocycles. The van der Waals surface area contributed by atoms with Crippen molar-refractivity contribution in [2.45, 2.75) is 24.7 Å². The first-order chi connectivity index (χ1) is 7.23. The Bertz CT molecular complexity index is 328. The van der Waals surface area contributed by atoms with Gasteiger partial charge in [0.15, 0.2) is 0 Å². The molecule has 0 unspecified atom stereocenters. The molecule has 2 rings (SSSR count). The van der Waals surface area contributed by atoms with Crippen molar-refractivity contribution in [3.05, 3.63) is 24.0 Å². The van der Waals surface area contributed by atoms with Gasteiger partial charge in [0.05, 0.1) is 13.2 Å². The van der Waals surface area contributed by atoms with Crippen molar-refractivity contribution in [2.75, 3.05) is 13.2 Å². The summed E-state index contributed by atoms with van der Waals surface area (Å²) in [6.07, 6.45) is 5.71. The van der Waals surface area contributed by atoms with Crippen LogP contribution in [0.4, 0.5) is 0 Å². The maximum Gasteiger partial charge on any atom is 0.303 e. The molecular weight excluding hydrogens is 194 g/mol. The summed E-state index contributed by atoms with van der Waals surface area (Å²) in [7, 11) is 0. The van der Waals surface area contributed by atoms with Crippen molar-refractivity contribution in [3.8, 4) is 0 Å². The maximum absolute atomic E-state index is 10.4. The lowest BCUT2D eigenvalue weighted by Gasteiger charge is -2.41. The highest BCUT2D eigenvalue weighted by molar-refractivity contribution is 5.66. The van der Waals surface area contributed by atoms with Gasteiger partial charge in [-0.05, 0) is 24.5 Å². The lowest BCUT2D eigenvalue weighted by molar-refractivity contribution is -0.137. The quantitative estimate of drug-likeness (QED) is 0.773. The van der Waals surface area contributed by atoms with Gasteiger partial charge in [0.25, 0.3) is 0 Å². The zero-order chi connectivity index (χ0) is 10.7. The average Bonchev–Trinajstić information content (AvgIpc) is 2.62. The van der Waals surface area contributed by atoms with Crippen molar-refractivity contribution in [2.24, 2.45) is 0 Å². The summed E-state index contributed by atoms with van der Waals surface area (Å²) in [5.74, 6) is -0.723. The first kappa shape index (κ1) is 10.2. The molecule has 0 aliphatic carbocycles. The summed E-state index contributed by atoms with van der Waals surface area (Å²) in [4.78, 5) is 13.5. The number of carbonyl (C=O) groups is 1. The first-order valence-corrected chi connectivity index (χ1v) is 5.16. The second-order valence-electron chi connectivity index (χ2n) is 4.12. The average molecular weight is 209 g/mol.